The SMILES string of the molecule is COCCNC(=O)c1cc([N+](=O)[O-])c(C)c(S(=O)(=O)Cl)c1. The molecule has 1 aromatic rings. The number of halogens is 1. The van der Waals surface area contributed by atoms with Gasteiger partial charge in [-0.05, 0) is 13.0 Å². The number of rotatable bonds is 6. The highest BCUT2D eigenvalue weighted by Crippen LogP contribution is 2.29. The molecule has 0 radical (unpaired) electrons. The number of hydrogen-bond acceptors (Lipinski definition) is 6. The quantitative estimate of drug-likeness (QED) is 0.361. The van der Waals surface area contributed by atoms with E-state index in [1.54, 1.807) is 0 Å². The maximum atomic E-state index is 11.9. The molecule has 0 heterocycles. The zero-order valence-corrected chi connectivity index (χ0v) is 12.8. The lowest BCUT2D eigenvalue weighted by Gasteiger charge is -2.08. The van der Waals surface area contributed by atoms with Crippen LogP contribution in [0.5, 0.6) is 0 Å². The molecule has 0 fully saturated rings. The molecule has 0 aliphatic heterocycles. The molecule has 0 spiro atoms. The number of benzene rings is 1. The Hall–Kier alpha value is -1.71. The first-order chi connectivity index (χ1) is 9.68. The van der Waals surface area contributed by atoms with Crippen molar-refractivity contribution < 1.29 is 22.9 Å². The largest absolute Gasteiger partial charge is 0.383 e. The van der Waals surface area contributed by atoms with Gasteiger partial charge in [0.2, 0.25) is 0 Å². The Morgan fingerprint density at radius 1 is 1.48 bits per heavy atom. The topological polar surface area (TPSA) is 116 Å². The average Bonchev–Trinajstić information content (AvgIpc) is 2.37. The molecule has 8 nitrogen and oxygen atoms in total. The second-order valence-electron chi connectivity index (χ2n) is 4.06. The molecule has 0 aliphatic rings. The van der Waals surface area contributed by atoms with Crippen molar-refractivity contribution in [3.63, 3.8) is 0 Å². The molecule has 0 aromatic heterocycles. The normalized spacial score (nSPS) is 11.2. The smallest absolute Gasteiger partial charge is 0.274 e. The summed E-state index contributed by atoms with van der Waals surface area (Å²) < 4.78 is 27.7. The third kappa shape index (κ3) is 4.38. The zero-order valence-electron chi connectivity index (χ0n) is 11.3. The van der Waals surface area contributed by atoms with Crippen LogP contribution in [-0.4, -0.2) is 39.5 Å². The van der Waals surface area contributed by atoms with Crippen molar-refractivity contribution in [2.75, 3.05) is 20.3 Å². The van der Waals surface area contributed by atoms with E-state index in [0.717, 1.165) is 12.1 Å². The van der Waals surface area contributed by atoms with Crippen LogP contribution in [-0.2, 0) is 13.8 Å². The van der Waals surface area contributed by atoms with Gasteiger partial charge in [-0.2, -0.15) is 0 Å². The first-order valence-electron chi connectivity index (χ1n) is 5.69. The molecule has 116 valence electrons. The molecule has 21 heavy (non-hydrogen) atoms. The van der Waals surface area contributed by atoms with Crippen LogP contribution in [0.15, 0.2) is 17.0 Å². The van der Waals surface area contributed by atoms with Gasteiger partial charge in [-0.3, -0.25) is 14.9 Å². The number of carbonyl (C=O) groups is 1. The van der Waals surface area contributed by atoms with Gasteiger partial charge in [0.1, 0.15) is 0 Å². The Morgan fingerprint density at radius 2 is 2.10 bits per heavy atom. The summed E-state index contributed by atoms with van der Waals surface area (Å²) in [4.78, 5) is 21.6. The summed E-state index contributed by atoms with van der Waals surface area (Å²) >= 11 is 0. The van der Waals surface area contributed by atoms with Gasteiger partial charge in [-0.15, -0.1) is 0 Å². The standard InChI is InChI=1S/C11H13ClN2O6S/c1-7-9(14(16)17)5-8(6-10(7)21(12,18)19)11(15)13-3-4-20-2/h5-6H,3-4H2,1-2H3,(H,13,15). The Balaban J connectivity index is 3.31. The molecule has 0 bridgehead atoms. The van der Waals surface area contributed by atoms with Crippen LogP contribution in [0.1, 0.15) is 15.9 Å². The molecule has 1 amide bonds. The van der Waals surface area contributed by atoms with E-state index >= 15 is 0 Å². The Labute approximate surface area is 125 Å². The molecule has 0 saturated carbocycles. The summed E-state index contributed by atoms with van der Waals surface area (Å²) in [6.45, 7) is 1.68. The van der Waals surface area contributed by atoms with Crippen molar-refractivity contribution in [2.24, 2.45) is 0 Å². The number of nitrogens with one attached hydrogen (secondary N) is 1. The molecule has 1 rings (SSSR count). The van der Waals surface area contributed by atoms with Crippen molar-refractivity contribution in [3.05, 3.63) is 33.4 Å². The molecule has 0 saturated heterocycles. The van der Waals surface area contributed by atoms with E-state index < -0.39 is 30.5 Å². The fourth-order valence-corrected chi connectivity index (χ4v) is 2.83. The van der Waals surface area contributed by atoms with Crippen molar-refractivity contribution in [1.29, 1.82) is 0 Å². The second-order valence-corrected chi connectivity index (χ2v) is 6.60. The molecule has 0 atom stereocenters. The van der Waals surface area contributed by atoms with Crippen molar-refractivity contribution >= 4 is 31.3 Å². The lowest BCUT2D eigenvalue weighted by atomic mass is 10.1. The number of nitro benzene ring substituents is 1. The van der Waals surface area contributed by atoms with Crippen LogP contribution in [0.3, 0.4) is 0 Å². The Morgan fingerprint density at radius 3 is 2.57 bits per heavy atom. The van der Waals surface area contributed by atoms with Crippen LogP contribution in [0.4, 0.5) is 5.69 Å². The van der Waals surface area contributed by atoms with E-state index in [2.05, 4.69) is 5.32 Å². The number of carbonyl (C=O) groups excluding carboxylic acids is 1. The predicted molar refractivity (Wildman–Crippen MR) is 75.1 cm³/mol. The summed E-state index contributed by atoms with van der Waals surface area (Å²) in [5.41, 5.74) is -0.778. The first kappa shape index (κ1) is 17.3. The number of nitrogens with zero attached hydrogens (tertiary/aromatic N) is 1. The number of nitro groups is 1. The third-order valence-electron chi connectivity index (χ3n) is 2.65. The fraction of sp³-hybridized carbons (Fsp3) is 0.364. The van der Waals surface area contributed by atoms with E-state index in [4.69, 9.17) is 15.4 Å². The number of amides is 1. The predicted octanol–water partition coefficient (Wildman–Crippen LogP) is 1.21. The van der Waals surface area contributed by atoms with Crippen molar-refractivity contribution in [2.45, 2.75) is 11.8 Å². The van der Waals surface area contributed by atoms with Gasteiger partial charge in [0.25, 0.3) is 20.6 Å². The van der Waals surface area contributed by atoms with Crippen molar-refractivity contribution in [3.8, 4) is 0 Å². The minimum absolute atomic E-state index is 0.122. The van der Waals surface area contributed by atoms with Crippen LogP contribution >= 0.6 is 10.7 Å². The second kappa shape index (κ2) is 6.83. The molecular formula is C11H13ClN2O6S. The van der Waals surface area contributed by atoms with Crippen LogP contribution in [0.25, 0.3) is 0 Å². The maximum absolute atomic E-state index is 11.9. The molecule has 1 N–H and O–H groups in total. The lowest BCUT2D eigenvalue weighted by Crippen LogP contribution is -2.27. The monoisotopic (exact) mass is 336 g/mol. The highest BCUT2D eigenvalue weighted by atomic mass is 35.7. The Kier molecular flexibility index (Phi) is 5.64. The van der Waals surface area contributed by atoms with Crippen molar-refractivity contribution in [1.82, 2.24) is 5.32 Å². The molecular weight excluding hydrogens is 324 g/mol. The summed E-state index contributed by atoms with van der Waals surface area (Å²) in [7, 11) is 2.48. The van der Waals surface area contributed by atoms with Crippen LogP contribution in [0.2, 0.25) is 0 Å². The van der Waals surface area contributed by atoms with Gasteiger partial charge < -0.3 is 10.1 Å². The summed E-state index contributed by atoms with van der Waals surface area (Å²) in [5, 5.41) is 13.4. The van der Waals surface area contributed by atoms with Crippen LogP contribution in [0, 0.1) is 17.0 Å². The number of ether oxygens (including phenoxy) is 1. The highest BCUT2D eigenvalue weighted by molar-refractivity contribution is 8.13. The molecule has 10 heteroatoms. The van der Waals surface area contributed by atoms with E-state index in [0.29, 0.717) is 0 Å². The Bertz CT molecular complexity index is 674. The van der Waals surface area contributed by atoms with Gasteiger partial charge in [-0.25, -0.2) is 8.42 Å². The first-order valence-corrected chi connectivity index (χ1v) is 8.00. The summed E-state index contributed by atoms with van der Waals surface area (Å²) in [5.74, 6) is -0.656. The lowest BCUT2D eigenvalue weighted by molar-refractivity contribution is -0.385. The van der Waals surface area contributed by atoms with Crippen LogP contribution < -0.4 is 5.32 Å². The number of hydrogen-bond donors (Lipinski definition) is 1. The minimum Gasteiger partial charge on any atom is -0.383 e. The summed E-state index contributed by atoms with van der Waals surface area (Å²) in [6, 6.07) is 2.01. The van der Waals surface area contributed by atoms with Gasteiger partial charge in [0, 0.05) is 41.5 Å². The van der Waals surface area contributed by atoms with Gasteiger partial charge >= 0.3 is 0 Å². The van der Waals surface area contributed by atoms with E-state index in [1.807, 2.05) is 0 Å². The van der Waals surface area contributed by atoms with E-state index in [-0.39, 0.29) is 24.3 Å². The van der Waals surface area contributed by atoms with E-state index in [1.165, 1.54) is 14.0 Å². The van der Waals surface area contributed by atoms with Gasteiger partial charge in [0.05, 0.1) is 16.4 Å². The minimum atomic E-state index is -4.21. The highest BCUT2D eigenvalue weighted by Gasteiger charge is 2.25. The average molecular weight is 337 g/mol. The zero-order chi connectivity index (χ0) is 16.2. The third-order valence-corrected chi connectivity index (χ3v) is 4.09. The maximum Gasteiger partial charge on any atom is 0.274 e. The molecule has 1 aromatic carbocycles. The van der Waals surface area contributed by atoms with E-state index in [9.17, 15) is 23.3 Å². The molecule has 0 unspecified atom stereocenters. The van der Waals surface area contributed by atoms with Gasteiger partial charge in [0.15, 0.2) is 0 Å². The fourth-order valence-electron chi connectivity index (χ4n) is 1.62. The summed E-state index contributed by atoms with van der Waals surface area (Å²) in [6.07, 6.45) is 0. The molecule has 0 aliphatic carbocycles. The van der Waals surface area contributed by atoms with Gasteiger partial charge in [-0.1, -0.05) is 0 Å². The number of methoxy groups -OCH3 is 1.